The number of carboxylic acid groups (broad SMARTS) is 1. The zero-order chi connectivity index (χ0) is 21.4. The smallest absolute Gasteiger partial charge is 0.522 e. The molecule has 2 aliphatic heterocycles. The van der Waals surface area contributed by atoms with Crippen LogP contribution in [0.5, 0.6) is 11.5 Å². The molecule has 3 heterocycles. The summed E-state index contributed by atoms with van der Waals surface area (Å²) in [7, 11) is -1.05. The number of nitrogens with zero attached hydrogens (tertiary/aromatic N) is 4. The van der Waals surface area contributed by atoms with Crippen LogP contribution in [0.3, 0.4) is 0 Å². The first-order valence-electron chi connectivity index (χ1n) is 9.55. The van der Waals surface area contributed by atoms with Gasteiger partial charge in [0, 0.05) is 0 Å². The molecule has 0 aliphatic carbocycles. The first kappa shape index (κ1) is 20.2. The van der Waals surface area contributed by atoms with Gasteiger partial charge in [0.15, 0.2) is 0 Å². The van der Waals surface area contributed by atoms with E-state index in [1.54, 1.807) is 24.0 Å². The van der Waals surface area contributed by atoms with Crippen LogP contribution >= 0.6 is 0 Å². The lowest BCUT2D eigenvalue weighted by Gasteiger charge is -2.39. The van der Waals surface area contributed by atoms with E-state index >= 15 is 0 Å². The van der Waals surface area contributed by atoms with E-state index in [4.69, 9.17) is 9.39 Å². The van der Waals surface area contributed by atoms with E-state index in [0.717, 1.165) is 0 Å². The van der Waals surface area contributed by atoms with Gasteiger partial charge in [0.2, 0.25) is 5.91 Å². The molecule has 3 N–H and O–H groups in total. The monoisotopic (exact) mass is 416 g/mol. The van der Waals surface area contributed by atoms with E-state index in [-0.39, 0.29) is 42.2 Å². The second kappa shape index (κ2) is 7.96. The standard InChI is InChI=1S/C18H21BN4O7/c1-10-13(9-24)23(21-20-10)8-15(25)22-6-12(7-22)29-14-3-2-11-4-5-19(28)30-17(11)16(14)18(26)27/h2-3,12,24,28H,4-9H2,1H3,(H,26,27). The van der Waals surface area contributed by atoms with Crippen LogP contribution < -0.4 is 9.39 Å². The molecule has 1 aromatic heterocycles. The number of aromatic carboxylic acids is 1. The van der Waals surface area contributed by atoms with Gasteiger partial charge in [-0.3, -0.25) is 4.79 Å². The number of benzene rings is 1. The second-order valence-electron chi connectivity index (χ2n) is 7.32. The van der Waals surface area contributed by atoms with Crippen molar-refractivity contribution >= 4 is 19.0 Å². The van der Waals surface area contributed by atoms with Gasteiger partial charge in [0.05, 0.1) is 31.1 Å². The second-order valence-corrected chi connectivity index (χ2v) is 7.32. The normalized spacial score (nSPS) is 16.0. The molecule has 0 spiro atoms. The molecule has 11 nitrogen and oxygen atoms in total. The first-order chi connectivity index (χ1) is 14.4. The van der Waals surface area contributed by atoms with Crippen molar-refractivity contribution in [2.24, 2.45) is 0 Å². The fourth-order valence-corrected chi connectivity index (χ4v) is 3.58. The lowest BCUT2D eigenvalue weighted by atomic mass is 9.78. The summed E-state index contributed by atoms with van der Waals surface area (Å²) in [6, 6.07) is 3.31. The van der Waals surface area contributed by atoms with E-state index in [2.05, 4.69) is 10.3 Å². The molecule has 4 rings (SSSR count). The number of hydrogen-bond donors (Lipinski definition) is 3. The number of carbonyl (C=O) groups excluding carboxylic acids is 1. The zero-order valence-electron chi connectivity index (χ0n) is 16.3. The summed E-state index contributed by atoms with van der Waals surface area (Å²) >= 11 is 0. The SMILES string of the molecule is Cc1nnn(CC(=O)N2CC(Oc3ccc4c(c3C(=O)O)OB(O)CC4)C2)c1CO. The molecular weight excluding hydrogens is 395 g/mol. The highest BCUT2D eigenvalue weighted by Crippen LogP contribution is 2.37. The molecule has 0 unspecified atom stereocenters. The average Bonchev–Trinajstić information content (AvgIpc) is 3.02. The van der Waals surface area contributed by atoms with Gasteiger partial charge in [0.1, 0.15) is 29.7 Å². The van der Waals surface area contributed by atoms with Gasteiger partial charge >= 0.3 is 13.1 Å². The van der Waals surface area contributed by atoms with Gasteiger partial charge in [-0.25, -0.2) is 9.48 Å². The number of aromatic nitrogens is 3. The molecule has 0 atom stereocenters. The summed E-state index contributed by atoms with van der Waals surface area (Å²) in [4.78, 5) is 25.8. The third-order valence-electron chi connectivity index (χ3n) is 5.29. The van der Waals surface area contributed by atoms with Gasteiger partial charge in [-0.15, -0.1) is 5.10 Å². The Kier molecular flexibility index (Phi) is 5.35. The Morgan fingerprint density at radius 2 is 2.13 bits per heavy atom. The van der Waals surface area contributed by atoms with Crippen molar-refractivity contribution in [2.45, 2.75) is 38.9 Å². The van der Waals surface area contributed by atoms with Crippen LogP contribution in [0.2, 0.25) is 6.32 Å². The highest BCUT2D eigenvalue weighted by molar-refractivity contribution is 6.44. The number of likely N-dealkylation sites (tertiary alicyclic amines) is 1. The molecule has 1 amide bonds. The Bertz CT molecular complexity index is 989. The van der Waals surface area contributed by atoms with Crippen molar-refractivity contribution in [3.63, 3.8) is 0 Å². The molecule has 12 heteroatoms. The van der Waals surface area contributed by atoms with Crippen molar-refractivity contribution < 1.29 is 34.2 Å². The molecule has 0 bridgehead atoms. The van der Waals surface area contributed by atoms with Gasteiger partial charge < -0.3 is 29.5 Å². The minimum Gasteiger partial charge on any atom is -0.535 e. The Morgan fingerprint density at radius 3 is 2.83 bits per heavy atom. The number of ether oxygens (including phenoxy) is 1. The number of aliphatic hydroxyl groups is 1. The van der Waals surface area contributed by atoms with Gasteiger partial charge in [0.25, 0.3) is 0 Å². The van der Waals surface area contributed by atoms with E-state index in [1.807, 2.05) is 0 Å². The molecule has 0 radical (unpaired) electrons. The van der Waals surface area contributed by atoms with Crippen molar-refractivity contribution in [2.75, 3.05) is 13.1 Å². The Hall–Kier alpha value is -3.12. The minimum atomic E-state index is -1.21. The van der Waals surface area contributed by atoms with E-state index in [1.165, 1.54) is 4.68 Å². The molecule has 0 saturated carbocycles. The maximum Gasteiger partial charge on any atom is 0.522 e. The Labute approximate surface area is 172 Å². The molecule has 1 fully saturated rings. The molecule has 30 heavy (non-hydrogen) atoms. The van der Waals surface area contributed by atoms with Crippen LogP contribution in [0.15, 0.2) is 12.1 Å². The van der Waals surface area contributed by atoms with Crippen LogP contribution in [0, 0.1) is 6.92 Å². The van der Waals surface area contributed by atoms with Crippen LogP contribution in [0.1, 0.15) is 27.3 Å². The molecular formula is C18H21BN4O7. The number of aliphatic hydroxyl groups excluding tert-OH is 1. The van der Waals surface area contributed by atoms with Crippen LogP contribution in [0.25, 0.3) is 0 Å². The fraction of sp³-hybridized carbons (Fsp3) is 0.444. The number of amides is 1. The first-order valence-corrected chi connectivity index (χ1v) is 9.55. The number of rotatable bonds is 6. The maximum atomic E-state index is 12.4. The van der Waals surface area contributed by atoms with E-state index in [0.29, 0.717) is 42.8 Å². The summed E-state index contributed by atoms with van der Waals surface area (Å²) < 4.78 is 12.5. The van der Waals surface area contributed by atoms with Gasteiger partial charge in [-0.05, 0) is 31.3 Å². The maximum absolute atomic E-state index is 12.4. The molecule has 1 saturated heterocycles. The van der Waals surface area contributed by atoms with Crippen molar-refractivity contribution in [1.29, 1.82) is 0 Å². The molecule has 1 aromatic carbocycles. The number of fused-ring (bicyclic) bond motifs is 1. The predicted molar refractivity (Wildman–Crippen MR) is 102 cm³/mol. The van der Waals surface area contributed by atoms with Crippen LogP contribution in [0.4, 0.5) is 0 Å². The third-order valence-corrected chi connectivity index (χ3v) is 5.29. The Balaban J connectivity index is 1.41. The van der Waals surface area contributed by atoms with Gasteiger partial charge in [-0.1, -0.05) is 11.3 Å². The highest BCUT2D eigenvalue weighted by Gasteiger charge is 2.35. The largest absolute Gasteiger partial charge is 0.535 e. The molecule has 2 aromatic rings. The fourth-order valence-electron chi connectivity index (χ4n) is 3.58. The number of carboxylic acids is 1. The third kappa shape index (κ3) is 3.71. The zero-order valence-corrected chi connectivity index (χ0v) is 16.3. The highest BCUT2D eigenvalue weighted by atomic mass is 16.5. The van der Waals surface area contributed by atoms with Crippen molar-refractivity contribution in [3.8, 4) is 11.5 Å². The minimum absolute atomic E-state index is 0.0472. The van der Waals surface area contributed by atoms with E-state index in [9.17, 15) is 24.8 Å². The topological polar surface area (TPSA) is 147 Å². The Morgan fingerprint density at radius 1 is 1.37 bits per heavy atom. The predicted octanol–water partition coefficient (Wildman–Crippen LogP) is -0.518. The number of hydrogen-bond acceptors (Lipinski definition) is 8. The van der Waals surface area contributed by atoms with E-state index < -0.39 is 13.1 Å². The summed E-state index contributed by atoms with van der Waals surface area (Å²) in [5.74, 6) is -1.14. The van der Waals surface area contributed by atoms with Crippen molar-refractivity contribution in [1.82, 2.24) is 19.9 Å². The lowest BCUT2D eigenvalue weighted by Crippen LogP contribution is -2.57. The van der Waals surface area contributed by atoms with Gasteiger partial charge in [-0.2, -0.15) is 0 Å². The summed E-state index contributed by atoms with van der Waals surface area (Å²) in [6.07, 6.45) is 0.545. The van der Waals surface area contributed by atoms with Crippen LogP contribution in [-0.2, 0) is 24.4 Å². The van der Waals surface area contributed by atoms with Crippen LogP contribution in [-0.4, -0.2) is 73.3 Å². The summed E-state index contributed by atoms with van der Waals surface area (Å²) in [6.45, 7) is 1.98. The average molecular weight is 416 g/mol. The summed E-state index contributed by atoms with van der Waals surface area (Å²) in [5, 5.41) is 36.4. The molecule has 2 aliphatic rings. The summed E-state index contributed by atoms with van der Waals surface area (Å²) in [5.41, 5.74) is 1.63. The lowest BCUT2D eigenvalue weighted by molar-refractivity contribution is -0.141. The quantitative estimate of drug-likeness (QED) is 0.529. The molecule has 158 valence electrons. The number of carbonyl (C=O) groups is 2. The van der Waals surface area contributed by atoms with Crippen molar-refractivity contribution in [3.05, 3.63) is 34.6 Å². The number of aryl methyl sites for hydroxylation is 2.